The molecule has 8 heteroatoms. The van der Waals surface area contributed by atoms with E-state index >= 15 is 0 Å². The summed E-state index contributed by atoms with van der Waals surface area (Å²) in [5.74, 6) is 1.33. The Hall–Kier alpha value is -3.54. The van der Waals surface area contributed by atoms with Gasteiger partial charge in [0.15, 0.2) is 11.5 Å². The highest BCUT2D eigenvalue weighted by atomic mass is 32.2. The van der Waals surface area contributed by atoms with E-state index in [1.807, 2.05) is 24.3 Å². The van der Waals surface area contributed by atoms with E-state index in [1.165, 1.54) is 11.8 Å². The van der Waals surface area contributed by atoms with Crippen molar-refractivity contribution >= 4 is 17.7 Å². The van der Waals surface area contributed by atoms with Crippen molar-refractivity contribution in [1.29, 1.82) is 5.26 Å². The van der Waals surface area contributed by atoms with Crippen LogP contribution in [0.5, 0.6) is 17.2 Å². The molecule has 1 aliphatic heterocycles. The lowest BCUT2D eigenvalue weighted by Gasteiger charge is -2.28. The first-order valence-corrected chi connectivity index (χ1v) is 11.8. The number of ether oxygens (including phenoxy) is 3. The zero-order chi connectivity index (χ0) is 24.1. The van der Waals surface area contributed by atoms with Gasteiger partial charge >= 0.3 is 5.97 Å². The first-order chi connectivity index (χ1) is 16.5. The van der Waals surface area contributed by atoms with Crippen LogP contribution in [0.15, 0.2) is 53.6 Å². The number of fused-ring (bicyclic) bond motifs is 1. The molecule has 0 N–H and O–H groups in total. The van der Waals surface area contributed by atoms with Crippen molar-refractivity contribution in [3.63, 3.8) is 0 Å². The number of hydrogen-bond acceptors (Lipinski definition) is 8. The minimum atomic E-state index is -0.396. The molecule has 0 saturated heterocycles. The zero-order valence-corrected chi connectivity index (χ0v) is 20.1. The molecule has 0 saturated carbocycles. The Kier molecular flexibility index (Phi) is 7.36. The highest BCUT2D eigenvalue weighted by Gasteiger charge is 2.26. The van der Waals surface area contributed by atoms with Gasteiger partial charge in [-0.05, 0) is 42.4 Å². The molecular formula is C26H25N3O4S. The van der Waals surface area contributed by atoms with Crippen molar-refractivity contribution < 1.29 is 19.0 Å². The summed E-state index contributed by atoms with van der Waals surface area (Å²) in [6, 6.07) is 16.9. The molecule has 1 aromatic heterocycles. The summed E-state index contributed by atoms with van der Waals surface area (Å²) >= 11 is 1.22. The third-order valence-corrected chi connectivity index (χ3v) is 6.54. The lowest BCUT2D eigenvalue weighted by Crippen LogP contribution is -2.28. The Labute approximate surface area is 203 Å². The number of rotatable bonds is 7. The lowest BCUT2D eigenvalue weighted by molar-refractivity contribution is -0.131. The molecule has 0 amide bonds. The molecule has 1 aliphatic rings. The summed E-state index contributed by atoms with van der Waals surface area (Å²) in [6.07, 6.45) is 0.764. The van der Waals surface area contributed by atoms with Gasteiger partial charge < -0.3 is 19.1 Å². The van der Waals surface area contributed by atoms with Crippen molar-refractivity contribution in [2.45, 2.75) is 18.0 Å². The normalized spacial score (nSPS) is 13.0. The van der Waals surface area contributed by atoms with Gasteiger partial charge in [0.25, 0.3) is 0 Å². The Bertz CT molecular complexity index is 1240. The number of pyridine rings is 1. The van der Waals surface area contributed by atoms with Crippen LogP contribution in [0.3, 0.4) is 0 Å². The average molecular weight is 476 g/mol. The standard InChI is InChI=1S/C26H25N3O4S/c1-29-12-11-21-20(15-29)25(17-9-10-22(31-2)23(13-17)32-3)19(14-27)26(28-21)34-16-24(30)33-18-7-5-4-6-8-18/h4-10,13H,11-12,15-16H2,1-3H3. The summed E-state index contributed by atoms with van der Waals surface area (Å²) in [4.78, 5) is 19.5. The second-order valence-corrected chi connectivity index (χ2v) is 8.80. The van der Waals surface area contributed by atoms with Crippen LogP contribution in [0.1, 0.15) is 16.8 Å². The second-order valence-electron chi connectivity index (χ2n) is 7.84. The number of carbonyl (C=O) groups is 1. The van der Waals surface area contributed by atoms with E-state index in [-0.39, 0.29) is 5.75 Å². The van der Waals surface area contributed by atoms with E-state index in [2.05, 4.69) is 18.0 Å². The predicted molar refractivity (Wildman–Crippen MR) is 130 cm³/mol. The maximum atomic E-state index is 12.4. The molecule has 174 valence electrons. The molecule has 0 spiro atoms. The number of thioether (sulfide) groups is 1. The Morgan fingerprint density at radius 3 is 2.62 bits per heavy atom. The lowest BCUT2D eigenvalue weighted by atomic mass is 9.91. The van der Waals surface area contributed by atoms with E-state index in [4.69, 9.17) is 19.2 Å². The van der Waals surface area contributed by atoms with Gasteiger partial charge in [0.2, 0.25) is 0 Å². The molecule has 3 aromatic rings. The van der Waals surface area contributed by atoms with Crippen molar-refractivity contribution in [3.8, 4) is 34.4 Å². The highest BCUT2D eigenvalue weighted by Crippen LogP contribution is 2.40. The van der Waals surface area contributed by atoms with Gasteiger partial charge in [-0.1, -0.05) is 36.0 Å². The van der Waals surface area contributed by atoms with Gasteiger partial charge in [0, 0.05) is 30.8 Å². The number of hydrogen-bond donors (Lipinski definition) is 0. The van der Waals surface area contributed by atoms with Gasteiger partial charge in [-0.2, -0.15) is 5.26 Å². The van der Waals surface area contributed by atoms with Crippen LogP contribution >= 0.6 is 11.8 Å². The molecule has 2 aromatic carbocycles. The second kappa shape index (κ2) is 10.6. The van der Waals surface area contributed by atoms with E-state index in [1.54, 1.807) is 38.5 Å². The van der Waals surface area contributed by atoms with Crippen LogP contribution in [0.4, 0.5) is 0 Å². The number of aromatic nitrogens is 1. The predicted octanol–water partition coefficient (Wildman–Crippen LogP) is 4.32. The molecule has 0 aliphatic carbocycles. The van der Waals surface area contributed by atoms with E-state index < -0.39 is 5.97 Å². The monoisotopic (exact) mass is 475 g/mol. The molecule has 7 nitrogen and oxygen atoms in total. The van der Waals surface area contributed by atoms with Crippen LogP contribution in [-0.2, 0) is 17.8 Å². The molecule has 0 radical (unpaired) electrons. The average Bonchev–Trinajstić information content (AvgIpc) is 2.86. The molecule has 0 unspecified atom stereocenters. The fourth-order valence-corrected chi connectivity index (χ4v) is 4.75. The smallest absolute Gasteiger partial charge is 0.321 e. The van der Waals surface area contributed by atoms with E-state index in [0.29, 0.717) is 34.4 Å². The fraction of sp³-hybridized carbons (Fsp3) is 0.269. The summed E-state index contributed by atoms with van der Waals surface area (Å²) in [6.45, 7) is 1.55. The third-order valence-electron chi connectivity index (χ3n) is 5.59. The molecule has 4 rings (SSSR count). The van der Waals surface area contributed by atoms with Gasteiger partial charge in [0.1, 0.15) is 16.8 Å². The SMILES string of the molecule is COc1ccc(-c2c(C#N)c(SCC(=O)Oc3ccccc3)nc3c2CN(C)CC3)cc1OC. The maximum Gasteiger partial charge on any atom is 0.321 e. The van der Waals surface area contributed by atoms with Crippen LogP contribution in [0.2, 0.25) is 0 Å². The van der Waals surface area contributed by atoms with Gasteiger partial charge in [0.05, 0.1) is 25.5 Å². The molecule has 0 atom stereocenters. The van der Waals surface area contributed by atoms with E-state index in [0.717, 1.165) is 35.3 Å². The van der Waals surface area contributed by atoms with Gasteiger partial charge in [-0.15, -0.1) is 0 Å². The van der Waals surface area contributed by atoms with Crippen molar-refractivity contribution in [1.82, 2.24) is 9.88 Å². The summed E-state index contributed by atoms with van der Waals surface area (Å²) in [5.41, 5.74) is 4.07. The maximum absolute atomic E-state index is 12.4. The van der Waals surface area contributed by atoms with Crippen LogP contribution in [-0.4, -0.2) is 49.4 Å². The van der Waals surface area contributed by atoms with Crippen molar-refractivity contribution in [2.75, 3.05) is 33.6 Å². The quantitative estimate of drug-likeness (QED) is 0.284. The number of esters is 1. The summed E-state index contributed by atoms with van der Waals surface area (Å²) in [7, 11) is 5.22. The number of likely N-dealkylation sites (N-methyl/N-ethyl adjacent to an activating group) is 1. The van der Waals surface area contributed by atoms with Crippen LogP contribution in [0, 0.1) is 11.3 Å². The number of carbonyl (C=O) groups excluding carboxylic acids is 1. The van der Waals surface area contributed by atoms with E-state index in [9.17, 15) is 10.1 Å². The number of methoxy groups -OCH3 is 2. The van der Waals surface area contributed by atoms with Crippen molar-refractivity contribution in [3.05, 3.63) is 65.4 Å². The minimum absolute atomic E-state index is 0.0423. The largest absolute Gasteiger partial charge is 0.493 e. The molecular weight excluding hydrogens is 450 g/mol. The number of para-hydroxylation sites is 1. The summed E-state index contributed by atoms with van der Waals surface area (Å²) < 4.78 is 16.3. The van der Waals surface area contributed by atoms with Gasteiger partial charge in [-0.3, -0.25) is 4.79 Å². The Morgan fingerprint density at radius 2 is 1.91 bits per heavy atom. The Morgan fingerprint density at radius 1 is 1.15 bits per heavy atom. The topological polar surface area (TPSA) is 84.7 Å². The first kappa shape index (κ1) is 23.6. The molecule has 0 bridgehead atoms. The zero-order valence-electron chi connectivity index (χ0n) is 19.3. The molecule has 34 heavy (non-hydrogen) atoms. The van der Waals surface area contributed by atoms with Crippen LogP contribution in [0.25, 0.3) is 11.1 Å². The van der Waals surface area contributed by atoms with Crippen molar-refractivity contribution in [2.24, 2.45) is 0 Å². The highest BCUT2D eigenvalue weighted by molar-refractivity contribution is 7.99. The van der Waals surface area contributed by atoms with Crippen LogP contribution < -0.4 is 14.2 Å². The third kappa shape index (κ3) is 5.01. The number of benzene rings is 2. The number of nitrogens with zero attached hydrogens (tertiary/aromatic N) is 3. The summed E-state index contributed by atoms with van der Waals surface area (Å²) in [5, 5.41) is 10.7. The Balaban J connectivity index is 1.73. The fourth-order valence-electron chi connectivity index (χ4n) is 3.97. The first-order valence-electron chi connectivity index (χ1n) is 10.8. The van der Waals surface area contributed by atoms with Gasteiger partial charge in [-0.25, -0.2) is 4.98 Å². The molecule has 0 fully saturated rings. The molecule has 2 heterocycles. The minimum Gasteiger partial charge on any atom is -0.493 e. The number of nitriles is 1.